The lowest BCUT2D eigenvalue weighted by Crippen LogP contribution is -2.26. The summed E-state index contributed by atoms with van der Waals surface area (Å²) >= 11 is 0. The van der Waals surface area contributed by atoms with Crippen molar-refractivity contribution >= 4 is 6.09 Å². The fourth-order valence-corrected chi connectivity index (χ4v) is 1.35. The van der Waals surface area contributed by atoms with Gasteiger partial charge < -0.3 is 15.2 Å². The number of benzene rings is 1. The van der Waals surface area contributed by atoms with Crippen molar-refractivity contribution < 1.29 is 14.6 Å². The minimum absolute atomic E-state index is 0.154. The number of hydrogen-bond acceptors (Lipinski definition) is 3. The van der Waals surface area contributed by atoms with Crippen LogP contribution in [0.3, 0.4) is 0 Å². The first kappa shape index (κ1) is 13.1. The van der Waals surface area contributed by atoms with Crippen molar-refractivity contribution in [3.05, 3.63) is 35.4 Å². The second-order valence-electron chi connectivity index (χ2n) is 3.44. The van der Waals surface area contributed by atoms with Crippen LogP contribution in [0, 0.1) is 11.8 Å². The van der Waals surface area contributed by atoms with Crippen LogP contribution in [-0.4, -0.2) is 24.9 Å². The van der Waals surface area contributed by atoms with Gasteiger partial charge in [-0.3, -0.25) is 0 Å². The zero-order valence-corrected chi connectivity index (χ0v) is 9.86. The molecule has 1 rings (SSSR count). The largest absolute Gasteiger partial charge is 0.453 e. The number of carbonyl (C=O) groups is 1. The Bertz CT molecular complexity index is 445. The molecule has 1 unspecified atom stereocenters. The molecule has 0 aliphatic carbocycles. The summed E-state index contributed by atoms with van der Waals surface area (Å²) in [5.41, 5.74) is 1.73. The Morgan fingerprint density at radius 2 is 2.35 bits per heavy atom. The molecule has 0 aromatic heterocycles. The standard InChI is InChI=1S/C13H15NO3/c1-10(14-13(16)17-2)12-7-3-5-11(9-12)6-4-8-15/h3,5,7,9-10,15H,8H2,1-2H3,(H,14,16). The Labute approximate surface area is 101 Å². The Balaban J connectivity index is 2.80. The third-order valence-electron chi connectivity index (χ3n) is 2.22. The first-order valence-electron chi connectivity index (χ1n) is 5.21. The predicted octanol–water partition coefficient (Wildman–Crippen LogP) is 1.45. The molecule has 0 fully saturated rings. The number of carbonyl (C=O) groups excluding carboxylic acids is 1. The molecule has 0 heterocycles. The molecule has 0 bridgehead atoms. The third-order valence-corrected chi connectivity index (χ3v) is 2.22. The van der Waals surface area contributed by atoms with Crippen molar-refractivity contribution in [2.24, 2.45) is 0 Å². The summed E-state index contributed by atoms with van der Waals surface area (Å²) in [6.45, 7) is 1.69. The minimum atomic E-state index is -0.468. The van der Waals surface area contributed by atoms with Crippen molar-refractivity contribution in [3.63, 3.8) is 0 Å². The molecule has 90 valence electrons. The smallest absolute Gasteiger partial charge is 0.407 e. The van der Waals surface area contributed by atoms with E-state index in [-0.39, 0.29) is 12.6 Å². The summed E-state index contributed by atoms with van der Waals surface area (Å²) in [4.78, 5) is 11.1. The molecule has 1 aromatic rings. The minimum Gasteiger partial charge on any atom is -0.453 e. The number of ether oxygens (including phenoxy) is 1. The maximum atomic E-state index is 11.1. The van der Waals surface area contributed by atoms with E-state index in [2.05, 4.69) is 21.9 Å². The van der Waals surface area contributed by atoms with Crippen LogP contribution < -0.4 is 5.32 Å². The fraction of sp³-hybridized carbons (Fsp3) is 0.308. The highest BCUT2D eigenvalue weighted by atomic mass is 16.5. The highest BCUT2D eigenvalue weighted by molar-refractivity contribution is 5.67. The molecule has 17 heavy (non-hydrogen) atoms. The lowest BCUT2D eigenvalue weighted by Gasteiger charge is -2.13. The molecule has 0 aliphatic rings. The molecule has 0 spiro atoms. The summed E-state index contributed by atoms with van der Waals surface area (Å²) in [6.07, 6.45) is -0.468. The molecular weight excluding hydrogens is 218 g/mol. The highest BCUT2D eigenvalue weighted by Crippen LogP contribution is 2.13. The van der Waals surface area contributed by atoms with Gasteiger partial charge in [-0.05, 0) is 24.6 Å². The van der Waals surface area contributed by atoms with Gasteiger partial charge in [0.25, 0.3) is 0 Å². The molecule has 1 atom stereocenters. The van der Waals surface area contributed by atoms with Gasteiger partial charge in [0.2, 0.25) is 0 Å². The van der Waals surface area contributed by atoms with Gasteiger partial charge in [-0.15, -0.1) is 0 Å². The van der Waals surface area contributed by atoms with Crippen LogP contribution >= 0.6 is 0 Å². The molecule has 0 saturated carbocycles. The molecule has 4 heteroatoms. The number of amides is 1. The van der Waals surface area contributed by atoms with Crippen molar-refractivity contribution in [2.75, 3.05) is 13.7 Å². The van der Waals surface area contributed by atoms with E-state index in [1.54, 1.807) is 0 Å². The Hall–Kier alpha value is -1.99. The van der Waals surface area contributed by atoms with Crippen LogP contribution in [0.2, 0.25) is 0 Å². The molecular formula is C13H15NO3. The molecule has 0 saturated heterocycles. The van der Waals surface area contributed by atoms with Gasteiger partial charge in [-0.1, -0.05) is 24.0 Å². The lowest BCUT2D eigenvalue weighted by atomic mass is 10.1. The molecule has 1 aromatic carbocycles. The summed E-state index contributed by atoms with van der Waals surface area (Å²) in [5.74, 6) is 5.39. The van der Waals surface area contributed by atoms with Crippen LogP contribution in [0.25, 0.3) is 0 Å². The van der Waals surface area contributed by atoms with Crippen LogP contribution in [0.1, 0.15) is 24.1 Å². The van der Waals surface area contributed by atoms with Gasteiger partial charge in [-0.2, -0.15) is 0 Å². The average molecular weight is 233 g/mol. The Kier molecular flexibility index (Phi) is 5.05. The summed E-state index contributed by atoms with van der Waals surface area (Å²) in [6, 6.07) is 7.30. The van der Waals surface area contributed by atoms with Gasteiger partial charge in [0.05, 0.1) is 13.2 Å². The number of hydrogen-bond donors (Lipinski definition) is 2. The van der Waals surface area contributed by atoms with Crippen LogP contribution in [-0.2, 0) is 4.74 Å². The van der Waals surface area contributed by atoms with Crippen molar-refractivity contribution in [2.45, 2.75) is 13.0 Å². The van der Waals surface area contributed by atoms with E-state index in [1.165, 1.54) is 7.11 Å². The van der Waals surface area contributed by atoms with Crippen LogP contribution in [0.5, 0.6) is 0 Å². The van der Waals surface area contributed by atoms with E-state index in [1.807, 2.05) is 31.2 Å². The van der Waals surface area contributed by atoms with Gasteiger partial charge in [0, 0.05) is 5.56 Å². The fourth-order valence-electron chi connectivity index (χ4n) is 1.35. The molecule has 0 aliphatic heterocycles. The molecule has 1 amide bonds. The quantitative estimate of drug-likeness (QED) is 0.760. The van der Waals surface area contributed by atoms with E-state index in [0.717, 1.165) is 11.1 Å². The van der Waals surface area contributed by atoms with Gasteiger partial charge in [0.1, 0.15) is 6.61 Å². The average Bonchev–Trinajstić information content (AvgIpc) is 2.36. The number of alkyl carbamates (subject to hydrolysis) is 1. The second kappa shape index (κ2) is 6.56. The summed E-state index contributed by atoms with van der Waals surface area (Å²) in [7, 11) is 1.32. The van der Waals surface area contributed by atoms with Gasteiger partial charge in [-0.25, -0.2) is 4.79 Å². The lowest BCUT2D eigenvalue weighted by molar-refractivity contribution is 0.167. The topological polar surface area (TPSA) is 58.6 Å². The number of aliphatic hydroxyl groups excluding tert-OH is 1. The maximum absolute atomic E-state index is 11.1. The third kappa shape index (κ3) is 4.17. The van der Waals surface area contributed by atoms with Crippen molar-refractivity contribution in [1.29, 1.82) is 0 Å². The van der Waals surface area contributed by atoms with E-state index in [0.29, 0.717) is 0 Å². The van der Waals surface area contributed by atoms with E-state index >= 15 is 0 Å². The maximum Gasteiger partial charge on any atom is 0.407 e. The number of nitrogens with one attached hydrogen (secondary N) is 1. The Morgan fingerprint density at radius 1 is 1.59 bits per heavy atom. The van der Waals surface area contributed by atoms with Crippen molar-refractivity contribution in [1.82, 2.24) is 5.32 Å². The molecule has 0 radical (unpaired) electrons. The van der Waals surface area contributed by atoms with Gasteiger partial charge >= 0.3 is 6.09 Å². The number of rotatable bonds is 2. The highest BCUT2D eigenvalue weighted by Gasteiger charge is 2.08. The van der Waals surface area contributed by atoms with E-state index in [9.17, 15) is 4.79 Å². The zero-order chi connectivity index (χ0) is 12.7. The second-order valence-corrected chi connectivity index (χ2v) is 3.44. The van der Waals surface area contributed by atoms with E-state index < -0.39 is 6.09 Å². The Morgan fingerprint density at radius 3 is 3.00 bits per heavy atom. The number of aliphatic hydroxyl groups is 1. The normalized spacial score (nSPS) is 11.0. The zero-order valence-electron chi connectivity index (χ0n) is 9.86. The monoisotopic (exact) mass is 233 g/mol. The first-order chi connectivity index (χ1) is 8.17. The van der Waals surface area contributed by atoms with E-state index in [4.69, 9.17) is 5.11 Å². The number of methoxy groups -OCH3 is 1. The predicted molar refractivity (Wildman–Crippen MR) is 64.4 cm³/mol. The molecule has 2 N–H and O–H groups in total. The summed E-state index contributed by atoms with van der Waals surface area (Å²) in [5, 5.41) is 11.3. The van der Waals surface area contributed by atoms with Crippen LogP contribution in [0.15, 0.2) is 24.3 Å². The summed E-state index contributed by atoms with van der Waals surface area (Å²) < 4.78 is 4.53. The van der Waals surface area contributed by atoms with Gasteiger partial charge in [0.15, 0.2) is 0 Å². The van der Waals surface area contributed by atoms with Crippen LogP contribution in [0.4, 0.5) is 4.79 Å². The molecule has 4 nitrogen and oxygen atoms in total. The SMILES string of the molecule is COC(=O)NC(C)c1cccc(C#CCO)c1. The first-order valence-corrected chi connectivity index (χ1v) is 5.21. The van der Waals surface area contributed by atoms with Crippen molar-refractivity contribution in [3.8, 4) is 11.8 Å².